The molecule has 1 unspecified atom stereocenters. The van der Waals surface area contributed by atoms with Crippen molar-refractivity contribution in [2.75, 3.05) is 19.8 Å². The third-order valence-corrected chi connectivity index (χ3v) is 9.50. The van der Waals surface area contributed by atoms with Crippen LogP contribution in [0.3, 0.4) is 0 Å². The van der Waals surface area contributed by atoms with Crippen LogP contribution in [0.1, 0.15) is 69.5 Å². The standard InChI is InChI=1S/C26H29N5O2/c1-26(14-6-7-19(27)17(9-14)23(28)29)22-13-5-4-12(8-13)21(22)18-10-15-16(25(33)30-24(15)32)11-20(18)31(26,2)3/h6-7,9-13,21-22H,4-5,8H2,1-3H3,(H5-,27,28,29,30,32,33)/p+1/t12-,13-,21-,22-,26?/m1/s1. The highest BCUT2D eigenvalue weighted by Gasteiger charge is 2.66. The van der Waals surface area contributed by atoms with Crippen molar-refractivity contribution in [2.45, 2.75) is 37.6 Å². The molecule has 2 aromatic carbocycles. The lowest BCUT2D eigenvalue weighted by Gasteiger charge is -2.58. The fourth-order valence-corrected chi connectivity index (χ4v) is 7.76. The van der Waals surface area contributed by atoms with E-state index in [0.717, 1.165) is 11.3 Å². The first-order valence-electron chi connectivity index (χ1n) is 11.7. The highest BCUT2D eigenvalue weighted by molar-refractivity contribution is 6.22. The number of nitrogens with one attached hydrogen (secondary N) is 2. The summed E-state index contributed by atoms with van der Waals surface area (Å²) in [4.78, 5) is 25.0. The number of hydrogen-bond acceptors (Lipinski definition) is 4. The number of amides is 2. The number of nitrogens with two attached hydrogens (primary N) is 2. The summed E-state index contributed by atoms with van der Waals surface area (Å²) in [6.45, 7) is 2.32. The number of nitrogens with zero attached hydrogens (tertiary/aromatic N) is 1. The molecule has 5 atom stereocenters. The number of quaternary nitrogens is 1. The van der Waals surface area contributed by atoms with Crippen LogP contribution < -0.4 is 21.3 Å². The monoisotopic (exact) mass is 444 g/mol. The summed E-state index contributed by atoms with van der Waals surface area (Å²) >= 11 is 0. The molecule has 4 aliphatic rings. The number of benzene rings is 2. The van der Waals surface area contributed by atoms with Gasteiger partial charge in [0, 0.05) is 40.3 Å². The Bertz CT molecular complexity index is 1280. The van der Waals surface area contributed by atoms with Crippen LogP contribution in [0.2, 0.25) is 0 Å². The molecular formula is C26H30N5O2+. The van der Waals surface area contributed by atoms with Crippen molar-refractivity contribution in [1.29, 1.82) is 5.41 Å². The van der Waals surface area contributed by atoms with Crippen LogP contribution in [0, 0.1) is 23.2 Å². The molecule has 2 aromatic rings. The Morgan fingerprint density at radius 1 is 1.09 bits per heavy atom. The van der Waals surface area contributed by atoms with E-state index in [0.29, 0.717) is 50.5 Å². The molecule has 6 rings (SSSR count). The van der Waals surface area contributed by atoms with Crippen molar-refractivity contribution in [2.24, 2.45) is 23.5 Å². The van der Waals surface area contributed by atoms with Gasteiger partial charge in [0.1, 0.15) is 17.1 Å². The lowest BCUT2D eigenvalue weighted by Crippen LogP contribution is -2.65. The van der Waals surface area contributed by atoms with Gasteiger partial charge in [-0.3, -0.25) is 24.8 Å². The fourth-order valence-electron chi connectivity index (χ4n) is 7.76. The number of fused-ring (bicyclic) bond motifs is 8. The zero-order valence-corrected chi connectivity index (χ0v) is 19.2. The van der Waals surface area contributed by atoms with Crippen molar-refractivity contribution < 1.29 is 9.59 Å². The SMILES string of the molecule is CC1(c2ccc(N)c(C(=N)N)c2)[C@@H]2[C@@H]3CC[C@H](C3)[C@@H]2c2cc3c(cc2[N+]1(C)C)C(=O)NC3=O. The van der Waals surface area contributed by atoms with E-state index < -0.39 is 0 Å². The Morgan fingerprint density at radius 2 is 1.76 bits per heavy atom. The maximum absolute atomic E-state index is 12.5. The first-order chi connectivity index (χ1) is 15.6. The molecule has 2 bridgehead atoms. The predicted octanol–water partition coefficient (Wildman–Crippen LogP) is 3.06. The number of anilines is 1. The molecule has 7 heteroatoms. The largest absolute Gasteiger partial charge is 0.398 e. The lowest BCUT2D eigenvalue weighted by molar-refractivity contribution is 0.0312. The minimum Gasteiger partial charge on any atom is -0.398 e. The Balaban J connectivity index is 1.64. The number of hydrogen-bond donors (Lipinski definition) is 4. The van der Waals surface area contributed by atoms with Gasteiger partial charge in [0.05, 0.1) is 25.2 Å². The van der Waals surface area contributed by atoms with Crippen LogP contribution >= 0.6 is 0 Å². The number of imide groups is 1. The van der Waals surface area contributed by atoms with Gasteiger partial charge in [0.25, 0.3) is 11.8 Å². The van der Waals surface area contributed by atoms with Crippen molar-refractivity contribution in [1.82, 2.24) is 9.80 Å². The van der Waals surface area contributed by atoms with E-state index in [2.05, 4.69) is 32.4 Å². The van der Waals surface area contributed by atoms with E-state index in [9.17, 15) is 9.59 Å². The number of amidine groups is 1. The smallest absolute Gasteiger partial charge is 0.259 e. The van der Waals surface area contributed by atoms with Crippen LogP contribution in [0.5, 0.6) is 0 Å². The summed E-state index contributed by atoms with van der Waals surface area (Å²) in [7, 11) is 4.40. The van der Waals surface area contributed by atoms with E-state index in [1.165, 1.54) is 24.8 Å². The molecule has 6 N–H and O–H groups in total. The molecule has 0 saturated heterocycles. The summed E-state index contributed by atoms with van der Waals surface area (Å²) < 4.78 is 0.544. The third-order valence-electron chi connectivity index (χ3n) is 9.50. The van der Waals surface area contributed by atoms with Crippen molar-refractivity contribution >= 4 is 29.0 Å². The van der Waals surface area contributed by atoms with Gasteiger partial charge in [-0.2, -0.15) is 0 Å². The molecule has 7 nitrogen and oxygen atoms in total. The number of carbonyl (C=O) groups excluding carboxylic acids is 2. The fraction of sp³-hybridized carbons (Fsp3) is 0.423. The van der Waals surface area contributed by atoms with Gasteiger partial charge in [-0.15, -0.1) is 0 Å². The Labute approximate surface area is 193 Å². The average molecular weight is 445 g/mol. The number of rotatable bonds is 2. The van der Waals surface area contributed by atoms with Crippen molar-refractivity contribution in [3.05, 3.63) is 58.1 Å². The summed E-state index contributed by atoms with van der Waals surface area (Å²) in [5.41, 5.74) is 17.2. The van der Waals surface area contributed by atoms with Crippen LogP contribution in [-0.2, 0) is 5.54 Å². The predicted molar refractivity (Wildman–Crippen MR) is 128 cm³/mol. The molecule has 2 aliphatic heterocycles. The molecule has 2 amide bonds. The second kappa shape index (κ2) is 6.23. The highest BCUT2D eigenvalue weighted by atomic mass is 16.2. The van der Waals surface area contributed by atoms with Crippen LogP contribution in [-0.4, -0.2) is 31.7 Å². The van der Waals surface area contributed by atoms with Gasteiger partial charge in [-0.1, -0.05) is 6.07 Å². The lowest BCUT2D eigenvalue weighted by atomic mass is 9.59. The minimum absolute atomic E-state index is 0.0306. The Morgan fingerprint density at radius 3 is 2.45 bits per heavy atom. The molecular weight excluding hydrogens is 414 g/mol. The Hall–Kier alpha value is -3.19. The van der Waals surface area contributed by atoms with Gasteiger partial charge < -0.3 is 11.5 Å². The van der Waals surface area contributed by atoms with Crippen LogP contribution in [0.25, 0.3) is 0 Å². The van der Waals surface area contributed by atoms with Gasteiger partial charge in [0.15, 0.2) is 0 Å². The molecule has 0 aromatic heterocycles. The van der Waals surface area contributed by atoms with E-state index in [1.807, 2.05) is 24.3 Å². The second-order valence-electron chi connectivity index (χ2n) is 10.9. The molecule has 33 heavy (non-hydrogen) atoms. The van der Waals surface area contributed by atoms with E-state index in [-0.39, 0.29) is 23.2 Å². The van der Waals surface area contributed by atoms with Crippen molar-refractivity contribution in [3.63, 3.8) is 0 Å². The number of nitrogen functional groups attached to an aromatic ring is 2. The van der Waals surface area contributed by atoms with Gasteiger partial charge >= 0.3 is 0 Å². The summed E-state index contributed by atoms with van der Waals surface area (Å²) in [6, 6.07) is 9.90. The topological polar surface area (TPSA) is 122 Å². The quantitative estimate of drug-likeness (QED) is 0.187. The molecule has 2 heterocycles. The zero-order valence-electron chi connectivity index (χ0n) is 19.2. The van der Waals surface area contributed by atoms with Crippen LogP contribution in [0.4, 0.5) is 11.4 Å². The summed E-state index contributed by atoms with van der Waals surface area (Å²) in [5, 5.41) is 10.5. The molecule has 2 aliphatic carbocycles. The third kappa shape index (κ3) is 2.35. The van der Waals surface area contributed by atoms with Crippen LogP contribution in [0.15, 0.2) is 30.3 Å². The van der Waals surface area contributed by atoms with E-state index in [1.54, 1.807) is 0 Å². The maximum atomic E-state index is 12.5. The summed E-state index contributed by atoms with van der Waals surface area (Å²) in [6.07, 6.45) is 3.62. The minimum atomic E-state index is -0.319. The zero-order chi connectivity index (χ0) is 23.4. The molecule has 0 radical (unpaired) electrons. The average Bonchev–Trinajstić information content (AvgIpc) is 3.45. The molecule has 0 spiro atoms. The first-order valence-corrected chi connectivity index (χ1v) is 11.7. The van der Waals surface area contributed by atoms with Gasteiger partial charge in [-0.05, 0) is 56.2 Å². The highest BCUT2D eigenvalue weighted by Crippen LogP contribution is 2.68. The second-order valence-corrected chi connectivity index (χ2v) is 10.9. The molecule has 170 valence electrons. The summed E-state index contributed by atoms with van der Waals surface area (Å²) in [5.74, 6) is 1.25. The van der Waals surface area contributed by atoms with E-state index in [4.69, 9.17) is 16.9 Å². The maximum Gasteiger partial charge on any atom is 0.259 e. The first kappa shape index (κ1) is 20.4. The van der Waals surface area contributed by atoms with Crippen molar-refractivity contribution in [3.8, 4) is 0 Å². The molecule has 2 fully saturated rings. The Kier molecular flexibility index (Phi) is 3.85. The molecule has 2 saturated carbocycles. The number of carbonyl (C=O) groups is 2. The van der Waals surface area contributed by atoms with E-state index >= 15 is 0 Å². The van der Waals surface area contributed by atoms with Gasteiger partial charge in [0.2, 0.25) is 0 Å². The normalized spacial score (nSPS) is 32.8. The van der Waals surface area contributed by atoms with Gasteiger partial charge in [-0.25, -0.2) is 0 Å².